The van der Waals surface area contributed by atoms with E-state index in [0.29, 0.717) is 5.92 Å². The zero-order valence-corrected chi connectivity index (χ0v) is 10.1. The molecule has 0 aliphatic heterocycles. The molecule has 1 fully saturated rings. The van der Waals surface area contributed by atoms with E-state index in [1.54, 1.807) is 0 Å². The zero-order valence-electron chi connectivity index (χ0n) is 10.1. The van der Waals surface area contributed by atoms with E-state index in [4.69, 9.17) is 5.26 Å². The van der Waals surface area contributed by atoms with Crippen LogP contribution in [0.15, 0.2) is 12.4 Å². The summed E-state index contributed by atoms with van der Waals surface area (Å²) in [4.78, 5) is 0. The summed E-state index contributed by atoms with van der Waals surface area (Å²) < 4.78 is 1.95. The van der Waals surface area contributed by atoms with Crippen LogP contribution in [0.25, 0.3) is 0 Å². The van der Waals surface area contributed by atoms with Gasteiger partial charge < -0.3 is 0 Å². The summed E-state index contributed by atoms with van der Waals surface area (Å²) in [7, 11) is 0. The molecule has 1 saturated carbocycles. The Labute approximate surface area is 97.1 Å². The Balaban J connectivity index is 2.05. The normalized spacial score (nSPS) is 17.4. The van der Waals surface area contributed by atoms with Gasteiger partial charge in [0.25, 0.3) is 0 Å². The molecule has 3 heteroatoms. The molecule has 1 aliphatic rings. The van der Waals surface area contributed by atoms with Gasteiger partial charge in [-0.1, -0.05) is 13.8 Å². The first-order valence-corrected chi connectivity index (χ1v) is 6.16. The third kappa shape index (κ3) is 2.11. The van der Waals surface area contributed by atoms with Crippen molar-refractivity contribution in [2.24, 2.45) is 5.41 Å². The lowest BCUT2D eigenvalue weighted by Crippen LogP contribution is -2.09. The van der Waals surface area contributed by atoms with Gasteiger partial charge in [0.05, 0.1) is 24.2 Å². The summed E-state index contributed by atoms with van der Waals surface area (Å²) >= 11 is 0. The molecule has 1 aliphatic carbocycles. The minimum Gasteiger partial charge on any atom is -0.271 e. The first-order valence-electron chi connectivity index (χ1n) is 6.16. The lowest BCUT2D eigenvalue weighted by Gasteiger charge is -2.09. The Bertz CT molecular complexity index is 392. The largest absolute Gasteiger partial charge is 0.271 e. The molecule has 0 unspecified atom stereocenters. The van der Waals surface area contributed by atoms with Crippen molar-refractivity contribution >= 4 is 0 Å². The number of aromatic nitrogens is 2. The fourth-order valence-corrected chi connectivity index (χ4v) is 2.20. The Kier molecular flexibility index (Phi) is 3.00. The molecule has 0 radical (unpaired) electrons. The van der Waals surface area contributed by atoms with E-state index in [2.05, 4.69) is 31.2 Å². The molecule has 0 atom stereocenters. The van der Waals surface area contributed by atoms with Crippen molar-refractivity contribution in [3.63, 3.8) is 0 Å². The van der Waals surface area contributed by atoms with Gasteiger partial charge in [-0.05, 0) is 37.2 Å². The van der Waals surface area contributed by atoms with Crippen LogP contribution in [0, 0.1) is 16.7 Å². The van der Waals surface area contributed by atoms with Crippen LogP contribution in [0.2, 0.25) is 0 Å². The average Bonchev–Trinajstić information content (AvgIpc) is 2.93. The SMILES string of the molecule is CCC(CC)c1cnn(CC2(C#N)CC2)c1. The highest BCUT2D eigenvalue weighted by Crippen LogP contribution is 2.46. The van der Waals surface area contributed by atoms with Crippen LogP contribution >= 0.6 is 0 Å². The molecular formula is C13H19N3. The predicted octanol–water partition coefficient (Wildman–Crippen LogP) is 3.09. The highest BCUT2D eigenvalue weighted by atomic mass is 15.3. The Morgan fingerprint density at radius 3 is 2.69 bits per heavy atom. The quantitative estimate of drug-likeness (QED) is 0.760. The maximum atomic E-state index is 9.04. The van der Waals surface area contributed by atoms with Gasteiger partial charge in [-0.15, -0.1) is 0 Å². The first-order chi connectivity index (χ1) is 7.73. The summed E-state index contributed by atoms with van der Waals surface area (Å²) in [6.07, 6.45) is 8.46. The van der Waals surface area contributed by atoms with Crippen LogP contribution in [-0.4, -0.2) is 9.78 Å². The van der Waals surface area contributed by atoms with E-state index in [-0.39, 0.29) is 5.41 Å². The van der Waals surface area contributed by atoms with Crippen molar-refractivity contribution in [2.75, 3.05) is 0 Å². The third-order valence-corrected chi connectivity index (χ3v) is 3.67. The van der Waals surface area contributed by atoms with E-state index < -0.39 is 0 Å². The minimum absolute atomic E-state index is 0.1000. The van der Waals surface area contributed by atoms with Gasteiger partial charge in [-0.25, -0.2) is 0 Å². The Morgan fingerprint density at radius 2 is 2.19 bits per heavy atom. The van der Waals surface area contributed by atoms with Crippen molar-refractivity contribution in [1.29, 1.82) is 5.26 Å². The molecule has 0 aromatic carbocycles. The molecule has 0 N–H and O–H groups in total. The van der Waals surface area contributed by atoms with E-state index in [0.717, 1.165) is 32.2 Å². The lowest BCUT2D eigenvalue weighted by atomic mass is 9.97. The predicted molar refractivity (Wildman–Crippen MR) is 62.8 cm³/mol. The van der Waals surface area contributed by atoms with Crippen molar-refractivity contribution in [2.45, 2.75) is 52.0 Å². The third-order valence-electron chi connectivity index (χ3n) is 3.67. The molecule has 86 valence electrons. The minimum atomic E-state index is -0.1000. The average molecular weight is 217 g/mol. The van der Waals surface area contributed by atoms with Crippen LogP contribution < -0.4 is 0 Å². The van der Waals surface area contributed by atoms with Crippen LogP contribution in [0.4, 0.5) is 0 Å². The van der Waals surface area contributed by atoms with Crippen molar-refractivity contribution in [3.8, 4) is 6.07 Å². The number of nitriles is 1. The summed E-state index contributed by atoms with van der Waals surface area (Å²) in [6.45, 7) is 5.19. The van der Waals surface area contributed by atoms with Gasteiger partial charge in [0.1, 0.15) is 0 Å². The van der Waals surface area contributed by atoms with Gasteiger partial charge >= 0.3 is 0 Å². The van der Waals surface area contributed by atoms with Crippen molar-refractivity contribution in [1.82, 2.24) is 9.78 Å². The van der Waals surface area contributed by atoms with E-state index in [9.17, 15) is 0 Å². The van der Waals surface area contributed by atoms with Gasteiger partial charge in [-0.3, -0.25) is 4.68 Å². The summed E-state index contributed by atoms with van der Waals surface area (Å²) in [5, 5.41) is 13.4. The summed E-state index contributed by atoms with van der Waals surface area (Å²) in [5.74, 6) is 0.617. The van der Waals surface area contributed by atoms with E-state index in [1.807, 2.05) is 10.9 Å². The molecule has 16 heavy (non-hydrogen) atoms. The second-order valence-electron chi connectivity index (χ2n) is 4.88. The monoisotopic (exact) mass is 217 g/mol. The number of rotatable bonds is 5. The molecule has 0 amide bonds. The second-order valence-corrected chi connectivity index (χ2v) is 4.88. The molecule has 1 aromatic heterocycles. The highest BCUT2D eigenvalue weighted by Gasteiger charge is 2.43. The molecule has 2 rings (SSSR count). The van der Waals surface area contributed by atoms with Gasteiger partial charge in [0.2, 0.25) is 0 Å². The maximum absolute atomic E-state index is 9.04. The highest BCUT2D eigenvalue weighted by molar-refractivity contribution is 5.13. The fraction of sp³-hybridized carbons (Fsp3) is 0.692. The molecule has 1 heterocycles. The smallest absolute Gasteiger partial charge is 0.0770 e. The van der Waals surface area contributed by atoms with Crippen LogP contribution in [0.1, 0.15) is 51.0 Å². The summed E-state index contributed by atoms with van der Waals surface area (Å²) in [6, 6.07) is 2.41. The Morgan fingerprint density at radius 1 is 1.50 bits per heavy atom. The summed E-state index contributed by atoms with van der Waals surface area (Å²) in [5.41, 5.74) is 1.22. The van der Waals surface area contributed by atoms with Crippen molar-refractivity contribution in [3.05, 3.63) is 18.0 Å². The number of hydrogen-bond donors (Lipinski definition) is 0. The van der Waals surface area contributed by atoms with Crippen LogP contribution in [0.3, 0.4) is 0 Å². The molecule has 0 saturated heterocycles. The lowest BCUT2D eigenvalue weighted by molar-refractivity contribution is 0.484. The van der Waals surface area contributed by atoms with Crippen LogP contribution in [-0.2, 0) is 6.54 Å². The van der Waals surface area contributed by atoms with Crippen LogP contribution in [0.5, 0.6) is 0 Å². The van der Waals surface area contributed by atoms with Gasteiger partial charge in [0.15, 0.2) is 0 Å². The second kappa shape index (κ2) is 4.29. The number of nitrogens with zero attached hydrogens (tertiary/aromatic N) is 3. The molecule has 1 aromatic rings. The van der Waals surface area contributed by atoms with Gasteiger partial charge in [0, 0.05) is 6.20 Å². The zero-order chi connectivity index (χ0) is 11.6. The molecule has 0 bridgehead atoms. The fourth-order valence-electron chi connectivity index (χ4n) is 2.20. The van der Waals surface area contributed by atoms with E-state index in [1.165, 1.54) is 5.56 Å². The topological polar surface area (TPSA) is 41.6 Å². The van der Waals surface area contributed by atoms with Crippen molar-refractivity contribution < 1.29 is 0 Å². The standard InChI is InChI=1S/C13H19N3/c1-3-11(4-2)12-7-15-16(8-12)10-13(9-14)5-6-13/h7-8,11H,3-6,10H2,1-2H3. The first kappa shape index (κ1) is 11.2. The molecule has 0 spiro atoms. The number of hydrogen-bond acceptors (Lipinski definition) is 2. The Hall–Kier alpha value is -1.30. The molecule has 3 nitrogen and oxygen atoms in total. The molecular weight excluding hydrogens is 198 g/mol. The van der Waals surface area contributed by atoms with E-state index >= 15 is 0 Å². The maximum Gasteiger partial charge on any atom is 0.0770 e. The van der Waals surface area contributed by atoms with Gasteiger partial charge in [-0.2, -0.15) is 10.4 Å².